The Morgan fingerprint density at radius 2 is 1.95 bits per heavy atom. The molecule has 0 atom stereocenters. The summed E-state index contributed by atoms with van der Waals surface area (Å²) >= 11 is 1.65. The van der Waals surface area contributed by atoms with Crippen LogP contribution in [0.2, 0.25) is 0 Å². The molecule has 3 aromatic rings. The van der Waals surface area contributed by atoms with Crippen LogP contribution in [-0.4, -0.2) is 12.1 Å². The first-order valence-corrected chi connectivity index (χ1v) is 6.83. The summed E-state index contributed by atoms with van der Waals surface area (Å²) in [7, 11) is 1.66. The van der Waals surface area contributed by atoms with Crippen LogP contribution in [0.25, 0.3) is 10.2 Å². The average molecular weight is 271 g/mol. The Morgan fingerprint density at radius 3 is 2.74 bits per heavy atom. The van der Waals surface area contributed by atoms with Crippen molar-refractivity contribution in [1.82, 2.24) is 4.98 Å². The van der Waals surface area contributed by atoms with Gasteiger partial charge < -0.3 is 9.47 Å². The Balaban J connectivity index is 1.76. The predicted octanol–water partition coefficient (Wildman–Crippen LogP) is 3.88. The number of hydrogen-bond acceptors (Lipinski definition) is 4. The largest absolute Gasteiger partial charge is 0.497 e. The van der Waals surface area contributed by atoms with Gasteiger partial charge in [-0.1, -0.05) is 12.1 Å². The molecule has 0 saturated heterocycles. The summed E-state index contributed by atoms with van der Waals surface area (Å²) in [6.07, 6.45) is 1.78. The predicted molar refractivity (Wildman–Crippen MR) is 76.9 cm³/mol. The van der Waals surface area contributed by atoms with Crippen molar-refractivity contribution in [2.75, 3.05) is 7.11 Å². The molecule has 0 aliphatic heterocycles. The number of benzene rings is 1. The van der Waals surface area contributed by atoms with Crippen LogP contribution in [-0.2, 0) is 6.61 Å². The van der Waals surface area contributed by atoms with Crippen molar-refractivity contribution in [3.8, 4) is 11.5 Å². The topological polar surface area (TPSA) is 31.4 Å². The molecule has 0 unspecified atom stereocenters. The number of ether oxygens (including phenoxy) is 2. The van der Waals surface area contributed by atoms with Gasteiger partial charge >= 0.3 is 0 Å². The minimum absolute atomic E-state index is 0.543. The molecule has 2 heterocycles. The molecule has 0 aliphatic rings. The third kappa shape index (κ3) is 2.53. The van der Waals surface area contributed by atoms with E-state index < -0.39 is 0 Å². The highest BCUT2D eigenvalue weighted by molar-refractivity contribution is 7.17. The Bertz CT molecular complexity index is 676. The normalized spacial score (nSPS) is 10.6. The SMILES string of the molecule is COc1ccc(COc2ccnc3ccsc23)cc1. The van der Waals surface area contributed by atoms with Gasteiger partial charge in [0.25, 0.3) is 0 Å². The van der Waals surface area contributed by atoms with Gasteiger partial charge in [0.15, 0.2) is 0 Å². The average Bonchev–Trinajstić information content (AvgIpc) is 2.94. The molecule has 19 heavy (non-hydrogen) atoms. The first kappa shape index (κ1) is 12.0. The summed E-state index contributed by atoms with van der Waals surface area (Å²) in [5.74, 6) is 1.74. The van der Waals surface area contributed by atoms with E-state index in [0.29, 0.717) is 6.61 Å². The number of pyridine rings is 1. The maximum Gasteiger partial charge on any atom is 0.140 e. The van der Waals surface area contributed by atoms with Crippen molar-refractivity contribution < 1.29 is 9.47 Å². The highest BCUT2D eigenvalue weighted by Gasteiger charge is 2.04. The summed E-state index contributed by atoms with van der Waals surface area (Å²) in [6.45, 7) is 0.543. The first-order valence-electron chi connectivity index (χ1n) is 5.95. The Morgan fingerprint density at radius 1 is 1.11 bits per heavy atom. The van der Waals surface area contributed by atoms with Gasteiger partial charge in [-0.25, -0.2) is 0 Å². The summed E-state index contributed by atoms with van der Waals surface area (Å²) in [5.41, 5.74) is 2.10. The minimum Gasteiger partial charge on any atom is -0.497 e. The van der Waals surface area contributed by atoms with E-state index in [-0.39, 0.29) is 0 Å². The molecule has 0 saturated carbocycles. The highest BCUT2D eigenvalue weighted by atomic mass is 32.1. The lowest BCUT2D eigenvalue weighted by atomic mass is 10.2. The molecular weight excluding hydrogens is 258 g/mol. The van der Waals surface area contributed by atoms with Crippen molar-refractivity contribution in [2.45, 2.75) is 6.61 Å². The molecule has 0 radical (unpaired) electrons. The number of methoxy groups -OCH3 is 1. The van der Waals surface area contributed by atoms with Gasteiger partial charge in [-0.15, -0.1) is 11.3 Å². The van der Waals surface area contributed by atoms with Gasteiger partial charge in [0, 0.05) is 6.20 Å². The zero-order chi connectivity index (χ0) is 13.1. The van der Waals surface area contributed by atoms with Gasteiger partial charge in [0.2, 0.25) is 0 Å². The van der Waals surface area contributed by atoms with Gasteiger partial charge in [-0.05, 0) is 35.2 Å². The second-order valence-electron chi connectivity index (χ2n) is 4.08. The lowest BCUT2D eigenvalue weighted by molar-refractivity contribution is 0.310. The number of thiophene rings is 1. The third-order valence-corrected chi connectivity index (χ3v) is 3.78. The maximum atomic E-state index is 5.87. The van der Waals surface area contributed by atoms with Crippen molar-refractivity contribution in [3.05, 3.63) is 53.5 Å². The number of nitrogens with zero attached hydrogens (tertiary/aromatic N) is 1. The summed E-state index contributed by atoms with van der Waals surface area (Å²) in [5, 5.41) is 2.03. The molecule has 0 spiro atoms. The first-order chi connectivity index (χ1) is 9.36. The molecule has 0 N–H and O–H groups in total. The number of rotatable bonds is 4. The van der Waals surface area contributed by atoms with Crippen LogP contribution in [0.1, 0.15) is 5.56 Å². The zero-order valence-corrected chi connectivity index (χ0v) is 11.3. The molecule has 4 heteroatoms. The molecule has 0 fully saturated rings. The van der Waals surface area contributed by atoms with Crippen molar-refractivity contribution in [2.24, 2.45) is 0 Å². The van der Waals surface area contributed by atoms with E-state index in [9.17, 15) is 0 Å². The number of aromatic nitrogens is 1. The van der Waals surface area contributed by atoms with E-state index in [1.807, 2.05) is 41.8 Å². The van der Waals surface area contributed by atoms with Crippen molar-refractivity contribution in [1.29, 1.82) is 0 Å². The van der Waals surface area contributed by atoms with Gasteiger partial charge in [0.05, 0.1) is 17.3 Å². The molecular formula is C15H13NO2S. The molecule has 3 nitrogen and oxygen atoms in total. The summed E-state index contributed by atoms with van der Waals surface area (Å²) < 4.78 is 12.1. The summed E-state index contributed by atoms with van der Waals surface area (Å²) in [4.78, 5) is 4.29. The molecule has 2 aromatic heterocycles. The van der Waals surface area contributed by atoms with Crippen LogP contribution in [0.4, 0.5) is 0 Å². The highest BCUT2D eigenvalue weighted by Crippen LogP contribution is 2.29. The lowest BCUT2D eigenvalue weighted by Crippen LogP contribution is -1.95. The molecule has 1 aromatic carbocycles. The zero-order valence-electron chi connectivity index (χ0n) is 10.5. The van der Waals surface area contributed by atoms with Crippen LogP contribution in [0.15, 0.2) is 48.0 Å². The maximum absolute atomic E-state index is 5.87. The Kier molecular flexibility index (Phi) is 3.33. The van der Waals surface area contributed by atoms with E-state index in [4.69, 9.17) is 9.47 Å². The quantitative estimate of drug-likeness (QED) is 0.721. The fourth-order valence-corrected chi connectivity index (χ4v) is 2.66. The van der Waals surface area contributed by atoms with E-state index in [1.165, 1.54) is 0 Å². The molecule has 0 amide bonds. The Hall–Kier alpha value is -2.07. The van der Waals surface area contributed by atoms with Crippen LogP contribution in [0.5, 0.6) is 11.5 Å². The van der Waals surface area contributed by atoms with E-state index in [1.54, 1.807) is 24.6 Å². The van der Waals surface area contributed by atoms with Crippen molar-refractivity contribution in [3.63, 3.8) is 0 Å². The van der Waals surface area contributed by atoms with Gasteiger partial charge in [0.1, 0.15) is 18.1 Å². The van der Waals surface area contributed by atoms with E-state index in [0.717, 1.165) is 27.3 Å². The van der Waals surface area contributed by atoms with Gasteiger partial charge in [-0.3, -0.25) is 4.98 Å². The monoisotopic (exact) mass is 271 g/mol. The minimum atomic E-state index is 0.543. The van der Waals surface area contributed by atoms with E-state index >= 15 is 0 Å². The second kappa shape index (κ2) is 5.28. The Labute approximate surface area is 115 Å². The van der Waals surface area contributed by atoms with Crippen LogP contribution in [0, 0.1) is 0 Å². The fourth-order valence-electron chi connectivity index (χ4n) is 1.85. The van der Waals surface area contributed by atoms with Crippen molar-refractivity contribution >= 4 is 21.6 Å². The molecule has 96 valence electrons. The smallest absolute Gasteiger partial charge is 0.140 e. The summed E-state index contributed by atoms with van der Waals surface area (Å²) in [6, 6.07) is 11.8. The number of fused-ring (bicyclic) bond motifs is 1. The van der Waals surface area contributed by atoms with Crippen LogP contribution < -0.4 is 9.47 Å². The lowest BCUT2D eigenvalue weighted by Gasteiger charge is -2.07. The molecule has 3 rings (SSSR count). The van der Waals surface area contributed by atoms with Crippen LogP contribution >= 0.6 is 11.3 Å². The fraction of sp³-hybridized carbons (Fsp3) is 0.133. The number of hydrogen-bond donors (Lipinski definition) is 0. The van der Waals surface area contributed by atoms with Gasteiger partial charge in [-0.2, -0.15) is 0 Å². The second-order valence-corrected chi connectivity index (χ2v) is 5.00. The molecule has 0 bridgehead atoms. The standard InChI is InChI=1S/C15H13NO2S/c1-17-12-4-2-11(3-5-12)10-18-14-6-8-16-13-7-9-19-15(13)14/h2-9H,10H2,1H3. The third-order valence-electron chi connectivity index (χ3n) is 2.86. The van der Waals surface area contributed by atoms with E-state index in [2.05, 4.69) is 4.98 Å². The van der Waals surface area contributed by atoms with Crippen LogP contribution in [0.3, 0.4) is 0 Å². The molecule has 0 aliphatic carbocycles.